The van der Waals surface area contributed by atoms with Gasteiger partial charge in [-0.2, -0.15) is 0 Å². The van der Waals surface area contributed by atoms with Crippen LogP contribution in [0.3, 0.4) is 0 Å². The second-order valence-electron chi connectivity index (χ2n) is 7.72. The number of aliphatic hydroxyl groups excluding tert-OH is 1. The summed E-state index contributed by atoms with van der Waals surface area (Å²) in [6.45, 7) is 0. The van der Waals surface area contributed by atoms with Crippen molar-refractivity contribution in [2.45, 2.75) is 76.4 Å². The van der Waals surface area contributed by atoms with E-state index in [1.807, 2.05) is 18.2 Å². The van der Waals surface area contributed by atoms with Gasteiger partial charge in [0.2, 0.25) is 0 Å². The first kappa shape index (κ1) is 19.0. The monoisotopic (exact) mass is 354 g/mol. The highest BCUT2D eigenvalue weighted by Crippen LogP contribution is 2.29. The third kappa shape index (κ3) is 5.35. The quantitative estimate of drug-likeness (QED) is 0.628. The van der Waals surface area contributed by atoms with Crippen molar-refractivity contribution in [3.8, 4) is 11.8 Å². The van der Waals surface area contributed by atoms with Gasteiger partial charge in [0.1, 0.15) is 6.10 Å². The second-order valence-corrected chi connectivity index (χ2v) is 7.72. The van der Waals surface area contributed by atoms with Crippen molar-refractivity contribution in [3.63, 3.8) is 0 Å². The number of benzene rings is 1. The molecule has 3 nitrogen and oxygen atoms in total. The zero-order chi connectivity index (χ0) is 18.2. The van der Waals surface area contributed by atoms with Crippen molar-refractivity contribution in [1.82, 2.24) is 0 Å². The number of carbonyl (C=O) groups excluding carboxylic acids is 1. The lowest BCUT2D eigenvalue weighted by Gasteiger charge is -2.27. The van der Waals surface area contributed by atoms with Gasteiger partial charge in [-0.05, 0) is 43.7 Å². The molecule has 0 unspecified atom stereocenters. The molecule has 2 atom stereocenters. The molecule has 0 aliphatic heterocycles. The van der Waals surface area contributed by atoms with Crippen molar-refractivity contribution in [2.24, 2.45) is 11.8 Å². The molecule has 0 bridgehead atoms. The number of ether oxygens (including phenoxy) is 1. The number of carbonyl (C=O) groups is 1. The first-order valence-corrected chi connectivity index (χ1v) is 10.2. The molecule has 1 aromatic rings. The summed E-state index contributed by atoms with van der Waals surface area (Å²) in [5, 5.41) is 10.5. The minimum absolute atomic E-state index is 0.271. The molecule has 3 heteroatoms. The Balaban J connectivity index is 1.69. The highest BCUT2D eigenvalue weighted by atomic mass is 16.5. The summed E-state index contributed by atoms with van der Waals surface area (Å²) in [6.07, 6.45) is 10.4. The summed E-state index contributed by atoms with van der Waals surface area (Å²) < 4.78 is 5.79. The lowest BCUT2D eigenvalue weighted by atomic mass is 9.84. The average Bonchev–Trinajstić information content (AvgIpc) is 2.72. The fourth-order valence-electron chi connectivity index (χ4n) is 4.17. The Hall–Kier alpha value is -1.79. The van der Waals surface area contributed by atoms with Gasteiger partial charge in [0.05, 0.1) is 5.56 Å². The molecule has 0 spiro atoms. The van der Waals surface area contributed by atoms with Crippen LogP contribution in [-0.4, -0.2) is 23.3 Å². The molecule has 1 aromatic carbocycles. The Bertz CT molecular complexity index is 616. The molecule has 1 N–H and O–H groups in total. The molecule has 2 saturated carbocycles. The Morgan fingerprint density at radius 2 is 1.46 bits per heavy atom. The molecule has 0 saturated heterocycles. The third-order valence-electron chi connectivity index (χ3n) is 5.79. The Kier molecular flexibility index (Phi) is 7.14. The minimum Gasteiger partial charge on any atom is -0.445 e. The minimum atomic E-state index is -0.600. The van der Waals surface area contributed by atoms with E-state index >= 15 is 0 Å². The zero-order valence-corrected chi connectivity index (χ0v) is 15.5. The lowest BCUT2D eigenvalue weighted by Crippen LogP contribution is -2.28. The Morgan fingerprint density at radius 3 is 2.08 bits per heavy atom. The molecule has 3 rings (SSSR count). The molecule has 2 aliphatic rings. The van der Waals surface area contributed by atoms with Gasteiger partial charge in [-0.15, -0.1) is 0 Å². The van der Waals surface area contributed by atoms with E-state index in [1.54, 1.807) is 12.1 Å². The van der Waals surface area contributed by atoms with Crippen LogP contribution in [-0.2, 0) is 4.74 Å². The van der Waals surface area contributed by atoms with Gasteiger partial charge in [0.25, 0.3) is 0 Å². The van der Waals surface area contributed by atoms with E-state index in [0.717, 1.165) is 38.5 Å². The predicted octanol–water partition coefficient (Wildman–Crippen LogP) is 4.74. The van der Waals surface area contributed by atoms with Crippen LogP contribution >= 0.6 is 0 Å². The van der Waals surface area contributed by atoms with E-state index in [-0.39, 0.29) is 17.8 Å². The molecule has 140 valence electrons. The molecule has 2 aliphatic carbocycles. The second kappa shape index (κ2) is 9.78. The lowest BCUT2D eigenvalue weighted by molar-refractivity contribution is 0.0250. The van der Waals surface area contributed by atoms with Gasteiger partial charge in [-0.3, -0.25) is 0 Å². The molecule has 26 heavy (non-hydrogen) atoms. The van der Waals surface area contributed by atoms with E-state index < -0.39 is 12.2 Å². The first-order chi connectivity index (χ1) is 12.7. The van der Waals surface area contributed by atoms with E-state index in [4.69, 9.17) is 4.74 Å². The summed E-state index contributed by atoms with van der Waals surface area (Å²) >= 11 is 0. The summed E-state index contributed by atoms with van der Waals surface area (Å²) in [5.41, 5.74) is 0.558. The fourth-order valence-corrected chi connectivity index (χ4v) is 4.17. The maximum atomic E-state index is 12.5. The Morgan fingerprint density at radius 1 is 0.885 bits per heavy atom. The van der Waals surface area contributed by atoms with Gasteiger partial charge in [-0.1, -0.05) is 68.6 Å². The Labute approximate surface area is 157 Å². The number of rotatable bonds is 4. The molecule has 0 aromatic heterocycles. The van der Waals surface area contributed by atoms with Crippen LogP contribution in [0.5, 0.6) is 0 Å². The average molecular weight is 354 g/mol. The van der Waals surface area contributed by atoms with Crippen molar-refractivity contribution in [2.75, 3.05) is 0 Å². The number of hydrogen-bond donors (Lipinski definition) is 1. The molecule has 0 amide bonds. The largest absolute Gasteiger partial charge is 0.445 e. The molecule has 2 fully saturated rings. The molecular weight excluding hydrogens is 324 g/mol. The number of esters is 1. The number of aliphatic hydroxyl groups is 1. The van der Waals surface area contributed by atoms with E-state index in [1.165, 1.54) is 25.7 Å². The first-order valence-electron chi connectivity index (χ1n) is 10.2. The maximum Gasteiger partial charge on any atom is 0.339 e. The van der Waals surface area contributed by atoms with Gasteiger partial charge in [-0.25, -0.2) is 4.79 Å². The van der Waals surface area contributed by atoms with Gasteiger partial charge in [0.15, 0.2) is 6.10 Å². The third-order valence-corrected chi connectivity index (χ3v) is 5.79. The maximum absolute atomic E-state index is 12.5. The zero-order valence-electron chi connectivity index (χ0n) is 15.5. The van der Waals surface area contributed by atoms with Crippen LogP contribution in [0.4, 0.5) is 0 Å². The summed E-state index contributed by atoms with van der Waals surface area (Å²) in [4.78, 5) is 12.5. The SMILES string of the molecule is O=C(O[C@@H](C#C[C@H](O)C1CCCCC1)C1CCCCC1)c1ccccc1. The van der Waals surface area contributed by atoms with Crippen LogP contribution in [0.2, 0.25) is 0 Å². The topological polar surface area (TPSA) is 46.5 Å². The predicted molar refractivity (Wildman–Crippen MR) is 103 cm³/mol. The van der Waals surface area contributed by atoms with Crippen molar-refractivity contribution >= 4 is 5.97 Å². The van der Waals surface area contributed by atoms with Gasteiger partial charge < -0.3 is 9.84 Å². The van der Waals surface area contributed by atoms with Gasteiger partial charge in [0, 0.05) is 5.92 Å². The summed E-state index contributed by atoms with van der Waals surface area (Å²) in [7, 11) is 0. The van der Waals surface area contributed by atoms with Crippen molar-refractivity contribution in [3.05, 3.63) is 35.9 Å². The highest BCUT2D eigenvalue weighted by molar-refractivity contribution is 5.89. The van der Waals surface area contributed by atoms with Crippen LogP contribution in [0.25, 0.3) is 0 Å². The molecule has 0 radical (unpaired) electrons. The van der Waals surface area contributed by atoms with Crippen LogP contribution < -0.4 is 0 Å². The van der Waals surface area contributed by atoms with Crippen molar-refractivity contribution < 1.29 is 14.6 Å². The highest BCUT2D eigenvalue weighted by Gasteiger charge is 2.27. The van der Waals surface area contributed by atoms with Crippen LogP contribution in [0.1, 0.15) is 74.6 Å². The molecule has 0 heterocycles. The smallest absolute Gasteiger partial charge is 0.339 e. The number of hydrogen-bond acceptors (Lipinski definition) is 3. The van der Waals surface area contributed by atoms with E-state index in [9.17, 15) is 9.90 Å². The summed E-state index contributed by atoms with van der Waals surface area (Å²) in [5.74, 6) is 6.41. The van der Waals surface area contributed by atoms with E-state index in [2.05, 4.69) is 11.8 Å². The fraction of sp³-hybridized carbons (Fsp3) is 0.609. The van der Waals surface area contributed by atoms with Crippen LogP contribution in [0, 0.1) is 23.7 Å². The molecular formula is C23H30O3. The van der Waals surface area contributed by atoms with E-state index in [0.29, 0.717) is 5.56 Å². The standard InChI is InChI=1S/C23H30O3/c24-21(18-10-4-1-5-11-18)16-17-22(19-12-6-2-7-13-19)26-23(25)20-14-8-3-9-15-20/h3,8-9,14-15,18-19,21-22,24H,1-2,4-7,10-13H2/t21-,22-/m0/s1. The normalized spacial score (nSPS) is 21.3. The summed E-state index contributed by atoms with van der Waals surface area (Å²) in [6, 6.07) is 9.10. The van der Waals surface area contributed by atoms with Crippen molar-refractivity contribution in [1.29, 1.82) is 0 Å². The van der Waals surface area contributed by atoms with Crippen LogP contribution in [0.15, 0.2) is 30.3 Å². The van der Waals surface area contributed by atoms with Gasteiger partial charge >= 0.3 is 5.97 Å².